The molecule has 1 aliphatic rings. The van der Waals surface area contributed by atoms with Gasteiger partial charge in [0.15, 0.2) is 0 Å². The van der Waals surface area contributed by atoms with Gasteiger partial charge in [0.05, 0.1) is 19.9 Å². The van der Waals surface area contributed by atoms with Crippen LogP contribution in [0.15, 0.2) is 30.5 Å². The molecule has 0 spiro atoms. The number of benzene rings is 1. The normalized spacial score (nSPS) is 13.5. The number of rotatable bonds is 5. The first-order chi connectivity index (χ1) is 11.2. The van der Waals surface area contributed by atoms with Gasteiger partial charge in [0.1, 0.15) is 5.56 Å². The Morgan fingerprint density at radius 1 is 1.30 bits per heavy atom. The van der Waals surface area contributed by atoms with Crippen molar-refractivity contribution in [3.63, 3.8) is 0 Å². The van der Waals surface area contributed by atoms with Gasteiger partial charge in [-0.25, -0.2) is 9.78 Å². The quantitative estimate of drug-likeness (QED) is 0.854. The molecule has 0 atom stereocenters. The molecule has 0 aliphatic heterocycles. The molecule has 1 aromatic heterocycles. The summed E-state index contributed by atoms with van der Waals surface area (Å²) in [5.74, 6) is 0.188. The van der Waals surface area contributed by atoms with Crippen LogP contribution in [0.4, 0.5) is 5.95 Å². The zero-order valence-corrected chi connectivity index (χ0v) is 13.2. The number of ether oxygens (including phenoxy) is 2. The van der Waals surface area contributed by atoms with Gasteiger partial charge in [-0.05, 0) is 30.9 Å². The predicted octanol–water partition coefficient (Wildman–Crippen LogP) is 2.24. The van der Waals surface area contributed by atoms with Crippen LogP contribution in [0.5, 0.6) is 5.88 Å². The van der Waals surface area contributed by atoms with Crippen LogP contribution < -0.4 is 10.1 Å². The van der Waals surface area contributed by atoms with E-state index in [9.17, 15) is 4.79 Å². The molecular formula is C17H19N3O3. The highest BCUT2D eigenvalue weighted by molar-refractivity contribution is 5.91. The highest BCUT2D eigenvalue weighted by Gasteiger charge is 2.23. The van der Waals surface area contributed by atoms with Crippen molar-refractivity contribution in [1.29, 1.82) is 0 Å². The number of carbonyl (C=O) groups is 1. The Bertz CT molecular complexity index is 693. The van der Waals surface area contributed by atoms with E-state index in [1.807, 2.05) is 0 Å². The lowest BCUT2D eigenvalue weighted by Crippen LogP contribution is -2.21. The highest BCUT2D eigenvalue weighted by atomic mass is 16.5. The first-order valence-electron chi connectivity index (χ1n) is 7.62. The molecule has 0 saturated carbocycles. The van der Waals surface area contributed by atoms with E-state index >= 15 is 0 Å². The van der Waals surface area contributed by atoms with Crippen LogP contribution in [-0.2, 0) is 17.6 Å². The molecule has 0 unspecified atom stereocenters. The minimum atomic E-state index is -0.482. The molecule has 23 heavy (non-hydrogen) atoms. The molecule has 0 fully saturated rings. The van der Waals surface area contributed by atoms with Crippen LogP contribution in [0.3, 0.4) is 0 Å². The molecule has 0 radical (unpaired) electrons. The third-order valence-electron chi connectivity index (χ3n) is 3.83. The number of esters is 1. The lowest BCUT2D eigenvalue weighted by molar-refractivity contribution is 0.0521. The predicted molar refractivity (Wildman–Crippen MR) is 85.8 cm³/mol. The van der Waals surface area contributed by atoms with Crippen LogP contribution in [0, 0.1) is 0 Å². The summed E-state index contributed by atoms with van der Waals surface area (Å²) in [6, 6.07) is 8.62. The number of fused-ring (bicyclic) bond motifs is 1. The standard InChI is InChI=1S/C17H19N3O3/c1-3-23-16(21)14-10-18-17(20-15(14)22-2)19-13-8-11-6-4-5-7-12(11)9-13/h4-7,10,13H,3,8-9H2,1-2H3,(H,18,19,20). The second-order valence-electron chi connectivity index (χ2n) is 5.36. The van der Waals surface area contributed by atoms with Crippen molar-refractivity contribution in [1.82, 2.24) is 9.97 Å². The first-order valence-corrected chi connectivity index (χ1v) is 7.62. The van der Waals surface area contributed by atoms with E-state index in [0.717, 1.165) is 12.8 Å². The maximum atomic E-state index is 11.8. The fourth-order valence-corrected chi connectivity index (χ4v) is 2.78. The van der Waals surface area contributed by atoms with Gasteiger partial charge in [0.25, 0.3) is 0 Å². The topological polar surface area (TPSA) is 73.3 Å². The summed E-state index contributed by atoms with van der Waals surface area (Å²) in [6.07, 6.45) is 3.30. The Labute approximate surface area is 134 Å². The first kappa shape index (κ1) is 15.3. The monoisotopic (exact) mass is 313 g/mol. The van der Waals surface area contributed by atoms with Crippen LogP contribution in [-0.4, -0.2) is 35.7 Å². The number of aromatic nitrogens is 2. The Balaban J connectivity index is 1.73. The Morgan fingerprint density at radius 2 is 2.00 bits per heavy atom. The summed E-state index contributed by atoms with van der Waals surface area (Å²) in [7, 11) is 1.47. The van der Waals surface area contributed by atoms with Crippen molar-refractivity contribution in [3.8, 4) is 5.88 Å². The van der Waals surface area contributed by atoms with Crippen molar-refractivity contribution in [2.45, 2.75) is 25.8 Å². The molecule has 1 heterocycles. The molecule has 1 aliphatic carbocycles. The van der Waals surface area contributed by atoms with Crippen LogP contribution in [0.25, 0.3) is 0 Å². The minimum absolute atomic E-state index is 0.219. The van der Waals surface area contributed by atoms with E-state index in [-0.39, 0.29) is 17.5 Å². The fraction of sp³-hybridized carbons (Fsp3) is 0.353. The summed E-state index contributed by atoms with van der Waals surface area (Å²) in [4.78, 5) is 20.3. The smallest absolute Gasteiger partial charge is 0.345 e. The van der Waals surface area contributed by atoms with Gasteiger partial charge < -0.3 is 14.8 Å². The fourth-order valence-electron chi connectivity index (χ4n) is 2.78. The molecule has 1 N–H and O–H groups in total. The lowest BCUT2D eigenvalue weighted by atomic mass is 10.1. The van der Waals surface area contributed by atoms with Crippen molar-refractivity contribution in [2.24, 2.45) is 0 Å². The molecule has 0 saturated heterocycles. The molecule has 1 aromatic carbocycles. The van der Waals surface area contributed by atoms with Gasteiger partial charge >= 0.3 is 5.97 Å². The van der Waals surface area contributed by atoms with Gasteiger partial charge in [-0.3, -0.25) is 0 Å². The molecular weight excluding hydrogens is 294 g/mol. The maximum Gasteiger partial charge on any atom is 0.345 e. The SMILES string of the molecule is CCOC(=O)c1cnc(NC2Cc3ccccc3C2)nc1OC. The number of hydrogen-bond donors (Lipinski definition) is 1. The summed E-state index contributed by atoms with van der Waals surface area (Å²) in [5.41, 5.74) is 2.93. The van der Waals surface area contributed by atoms with E-state index in [1.165, 1.54) is 24.4 Å². The number of anilines is 1. The summed E-state index contributed by atoms with van der Waals surface area (Å²) < 4.78 is 10.2. The lowest BCUT2D eigenvalue weighted by Gasteiger charge is -2.13. The number of nitrogens with zero attached hydrogens (tertiary/aromatic N) is 2. The molecule has 3 rings (SSSR count). The molecule has 2 aromatic rings. The molecule has 0 amide bonds. The summed E-state index contributed by atoms with van der Waals surface area (Å²) >= 11 is 0. The van der Waals surface area contributed by atoms with Crippen molar-refractivity contribution in [3.05, 3.63) is 47.2 Å². The Kier molecular flexibility index (Phi) is 4.41. The molecule has 6 nitrogen and oxygen atoms in total. The van der Waals surface area contributed by atoms with Crippen LogP contribution in [0.1, 0.15) is 28.4 Å². The highest BCUT2D eigenvalue weighted by Crippen LogP contribution is 2.24. The number of carbonyl (C=O) groups excluding carboxylic acids is 1. The molecule has 120 valence electrons. The van der Waals surface area contributed by atoms with E-state index in [2.05, 4.69) is 39.6 Å². The second-order valence-corrected chi connectivity index (χ2v) is 5.36. The largest absolute Gasteiger partial charge is 0.480 e. The van der Waals surface area contributed by atoms with Gasteiger partial charge in [-0.15, -0.1) is 0 Å². The van der Waals surface area contributed by atoms with Crippen LogP contribution in [0.2, 0.25) is 0 Å². The number of hydrogen-bond acceptors (Lipinski definition) is 6. The molecule has 0 bridgehead atoms. The van der Waals surface area contributed by atoms with Crippen molar-refractivity contribution < 1.29 is 14.3 Å². The second kappa shape index (κ2) is 6.64. The Hall–Kier alpha value is -2.63. The number of methoxy groups -OCH3 is 1. The summed E-state index contributed by atoms with van der Waals surface area (Å²) in [6.45, 7) is 2.04. The average molecular weight is 313 g/mol. The zero-order chi connectivity index (χ0) is 16.2. The van der Waals surface area contributed by atoms with Gasteiger partial charge in [0.2, 0.25) is 11.8 Å². The summed E-state index contributed by atoms with van der Waals surface area (Å²) in [5, 5.41) is 3.31. The van der Waals surface area contributed by atoms with E-state index in [4.69, 9.17) is 9.47 Å². The van der Waals surface area contributed by atoms with Gasteiger partial charge in [-0.2, -0.15) is 4.98 Å². The van der Waals surface area contributed by atoms with E-state index in [1.54, 1.807) is 6.92 Å². The molecule has 6 heteroatoms. The van der Waals surface area contributed by atoms with Crippen LogP contribution >= 0.6 is 0 Å². The van der Waals surface area contributed by atoms with E-state index in [0.29, 0.717) is 12.6 Å². The van der Waals surface area contributed by atoms with Gasteiger partial charge in [0, 0.05) is 6.04 Å². The Morgan fingerprint density at radius 3 is 2.61 bits per heavy atom. The minimum Gasteiger partial charge on any atom is -0.480 e. The van der Waals surface area contributed by atoms with Gasteiger partial charge in [-0.1, -0.05) is 24.3 Å². The average Bonchev–Trinajstić information content (AvgIpc) is 2.97. The van der Waals surface area contributed by atoms with Crippen molar-refractivity contribution in [2.75, 3.05) is 19.0 Å². The van der Waals surface area contributed by atoms with E-state index < -0.39 is 5.97 Å². The number of nitrogens with one attached hydrogen (secondary N) is 1. The third-order valence-corrected chi connectivity index (χ3v) is 3.83. The third kappa shape index (κ3) is 3.26. The maximum absolute atomic E-state index is 11.8. The zero-order valence-electron chi connectivity index (χ0n) is 13.2. The van der Waals surface area contributed by atoms with Crippen molar-refractivity contribution >= 4 is 11.9 Å².